The van der Waals surface area contributed by atoms with Crippen LogP contribution in [0, 0.1) is 13.8 Å². The zero-order chi connectivity index (χ0) is 14.7. The zero-order valence-corrected chi connectivity index (χ0v) is 13.2. The Morgan fingerprint density at radius 3 is 2.70 bits per heavy atom. The highest BCUT2D eigenvalue weighted by Crippen LogP contribution is 2.28. The van der Waals surface area contributed by atoms with Crippen LogP contribution in [0.5, 0.6) is 0 Å². The van der Waals surface area contributed by atoms with Crippen molar-refractivity contribution in [1.29, 1.82) is 0 Å². The Balaban J connectivity index is 2.29. The SMILES string of the molecule is Cc1nnc(S/C(=C\c2ccc(C)c(Br)c2)C(=O)O)o1. The van der Waals surface area contributed by atoms with E-state index >= 15 is 0 Å². The summed E-state index contributed by atoms with van der Waals surface area (Å²) in [5, 5.41) is 16.9. The van der Waals surface area contributed by atoms with Gasteiger partial charge in [-0.3, -0.25) is 0 Å². The Bertz CT molecular complexity index is 682. The summed E-state index contributed by atoms with van der Waals surface area (Å²) in [7, 11) is 0. The Kier molecular flexibility index (Phi) is 4.61. The molecule has 1 aromatic heterocycles. The number of carboxylic acids is 1. The highest BCUT2D eigenvalue weighted by Gasteiger charge is 2.14. The first-order chi connectivity index (χ1) is 9.45. The fourth-order valence-corrected chi connectivity index (χ4v) is 2.51. The van der Waals surface area contributed by atoms with E-state index in [4.69, 9.17) is 4.42 Å². The van der Waals surface area contributed by atoms with Crippen molar-refractivity contribution in [3.8, 4) is 0 Å². The molecular formula is C13H11BrN2O3S. The molecule has 1 heterocycles. The van der Waals surface area contributed by atoms with Crippen LogP contribution in [0.2, 0.25) is 0 Å². The van der Waals surface area contributed by atoms with Gasteiger partial charge in [0.05, 0.1) is 0 Å². The normalized spacial score (nSPS) is 11.7. The number of nitrogens with zero attached hydrogens (tertiary/aromatic N) is 2. The smallest absolute Gasteiger partial charge is 0.342 e. The number of carbonyl (C=O) groups is 1. The van der Waals surface area contributed by atoms with Crippen LogP contribution >= 0.6 is 27.7 Å². The number of aryl methyl sites for hydroxylation is 2. The fraction of sp³-hybridized carbons (Fsp3) is 0.154. The average molecular weight is 355 g/mol. The topological polar surface area (TPSA) is 76.2 Å². The minimum absolute atomic E-state index is 0.115. The van der Waals surface area contributed by atoms with Gasteiger partial charge < -0.3 is 9.52 Å². The van der Waals surface area contributed by atoms with Crippen molar-refractivity contribution in [2.75, 3.05) is 0 Å². The summed E-state index contributed by atoms with van der Waals surface area (Å²) in [6, 6.07) is 5.62. The van der Waals surface area contributed by atoms with Crippen LogP contribution in [0.1, 0.15) is 17.0 Å². The Hall–Kier alpha value is -1.60. The quantitative estimate of drug-likeness (QED) is 0.666. The maximum absolute atomic E-state index is 11.3. The molecular weight excluding hydrogens is 344 g/mol. The summed E-state index contributed by atoms with van der Waals surface area (Å²) in [5.74, 6) is -0.641. The van der Waals surface area contributed by atoms with Crippen molar-refractivity contribution in [1.82, 2.24) is 10.2 Å². The molecule has 2 rings (SSSR count). The van der Waals surface area contributed by atoms with E-state index in [2.05, 4.69) is 26.1 Å². The minimum atomic E-state index is -1.04. The van der Waals surface area contributed by atoms with Gasteiger partial charge in [0.2, 0.25) is 5.89 Å². The number of thioether (sulfide) groups is 1. The summed E-state index contributed by atoms with van der Waals surface area (Å²) in [5.41, 5.74) is 1.86. The lowest BCUT2D eigenvalue weighted by molar-refractivity contribution is -0.131. The first-order valence-corrected chi connectivity index (χ1v) is 7.26. The third-order valence-electron chi connectivity index (χ3n) is 2.41. The summed E-state index contributed by atoms with van der Waals surface area (Å²) < 4.78 is 6.10. The molecule has 0 radical (unpaired) electrons. The van der Waals surface area contributed by atoms with Crippen molar-refractivity contribution < 1.29 is 14.3 Å². The average Bonchev–Trinajstić information content (AvgIpc) is 2.78. The molecule has 7 heteroatoms. The lowest BCUT2D eigenvalue weighted by atomic mass is 10.1. The van der Waals surface area contributed by atoms with Gasteiger partial charge in [-0.25, -0.2) is 4.79 Å². The van der Waals surface area contributed by atoms with E-state index in [0.29, 0.717) is 5.89 Å². The molecule has 0 unspecified atom stereocenters. The third-order valence-corrected chi connectivity index (χ3v) is 4.12. The largest absolute Gasteiger partial charge is 0.477 e. The lowest BCUT2D eigenvalue weighted by Gasteiger charge is -2.02. The molecule has 0 saturated heterocycles. The maximum Gasteiger partial charge on any atom is 0.342 e. The molecule has 20 heavy (non-hydrogen) atoms. The van der Waals surface area contributed by atoms with Crippen LogP contribution in [0.4, 0.5) is 0 Å². The second kappa shape index (κ2) is 6.23. The van der Waals surface area contributed by atoms with Crippen LogP contribution in [0.15, 0.2) is 37.2 Å². The lowest BCUT2D eigenvalue weighted by Crippen LogP contribution is -1.96. The third kappa shape index (κ3) is 3.71. The fourth-order valence-electron chi connectivity index (χ4n) is 1.40. The van der Waals surface area contributed by atoms with Gasteiger partial charge >= 0.3 is 5.97 Å². The molecule has 2 aromatic rings. The molecule has 0 amide bonds. The van der Waals surface area contributed by atoms with Crippen LogP contribution in [-0.2, 0) is 4.79 Å². The summed E-state index contributed by atoms with van der Waals surface area (Å²) in [4.78, 5) is 11.4. The van der Waals surface area contributed by atoms with Crippen LogP contribution in [0.3, 0.4) is 0 Å². The maximum atomic E-state index is 11.3. The molecule has 0 saturated carbocycles. The Morgan fingerprint density at radius 1 is 1.40 bits per heavy atom. The van der Waals surface area contributed by atoms with E-state index in [9.17, 15) is 9.90 Å². The van der Waals surface area contributed by atoms with E-state index in [1.807, 2.05) is 25.1 Å². The number of hydrogen-bond donors (Lipinski definition) is 1. The first kappa shape index (κ1) is 14.8. The van der Waals surface area contributed by atoms with Gasteiger partial charge in [-0.05, 0) is 42.0 Å². The monoisotopic (exact) mass is 354 g/mol. The Labute approximate surface area is 128 Å². The highest BCUT2D eigenvalue weighted by atomic mass is 79.9. The van der Waals surface area contributed by atoms with Gasteiger partial charge in [-0.1, -0.05) is 28.1 Å². The van der Waals surface area contributed by atoms with Crippen molar-refractivity contribution in [3.05, 3.63) is 44.6 Å². The molecule has 104 valence electrons. The molecule has 0 aliphatic rings. The van der Waals surface area contributed by atoms with Gasteiger partial charge in [0.15, 0.2) is 0 Å². The van der Waals surface area contributed by atoms with E-state index in [1.165, 1.54) is 0 Å². The first-order valence-electron chi connectivity index (χ1n) is 5.65. The number of hydrogen-bond acceptors (Lipinski definition) is 5. The van der Waals surface area contributed by atoms with Gasteiger partial charge in [0.25, 0.3) is 5.22 Å². The van der Waals surface area contributed by atoms with E-state index in [0.717, 1.165) is 27.4 Å². The van der Waals surface area contributed by atoms with E-state index in [-0.39, 0.29) is 10.1 Å². The standard InChI is InChI=1S/C13H11BrN2O3S/c1-7-3-4-9(5-10(7)14)6-11(12(17)18)20-13-16-15-8(2)19-13/h3-6H,1-2H3,(H,17,18)/b11-6-. The molecule has 0 aliphatic carbocycles. The number of aliphatic carboxylic acids is 1. The van der Waals surface area contributed by atoms with Crippen molar-refractivity contribution in [2.24, 2.45) is 0 Å². The Morgan fingerprint density at radius 2 is 2.15 bits per heavy atom. The van der Waals surface area contributed by atoms with Gasteiger partial charge in [-0.2, -0.15) is 0 Å². The minimum Gasteiger partial charge on any atom is -0.477 e. The molecule has 0 bridgehead atoms. The second-order valence-corrected chi connectivity index (χ2v) is 5.86. The predicted octanol–water partition coefficient (Wildman–Crippen LogP) is 3.67. The summed E-state index contributed by atoms with van der Waals surface area (Å²) in [6.45, 7) is 3.62. The van der Waals surface area contributed by atoms with Crippen LogP contribution in [0.25, 0.3) is 6.08 Å². The number of benzene rings is 1. The molecule has 0 fully saturated rings. The van der Waals surface area contributed by atoms with Gasteiger partial charge in [0, 0.05) is 11.4 Å². The number of aromatic nitrogens is 2. The highest BCUT2D eigenvalue weighted by molar-refractivity contribution is 9.10. The van der Waals surface area contributed by atoms with E-state index < -0.39 is 5.97 Å². The van der Waals surface area contributed by atoms with Crippen molar-refractivity contribution in [3.63, 3.8) is 0 Å². The van der Waals surface area contributed by atoms with Crippen LogP contribution in [-0.4, -0.2) is 21.3 Å². The molecule has 5 nitrogen and oxygen atoms in total. The number of halogens is 1. The number of carboxylic acid groups (broad SMARTS) is 1. The summed E-state index contributed by atoms with van der Waals surface area (Å²) >= 11 is 4.35. The van der Waals surface area contributed by atoms with Crippen LogP contribution < -0.4 is 0 Å². The molecule has 0 spiro atoms. The summed E-state index contributed by atoms with van der Waals surface area (Å²) in [6.07, 6.45) is 1.57. The molecule has 0 aliphatic heterocycles. The van der Waals surface area contributed by atoms with Gasteiger partial charge in [-0.15, -0.1) is 10.2 Å². The molecule has 1 aromatic carbocycles. The second-order valence-electron chi connectivity index (χ2n) is 4.01. The molecule has 1 N–H and O–H groups in total. The zero-order valence-electron chi connectivity index (χ0n) is 10.8. The molecule has 0 atom stereocenters. The number of rotatable bonds is 4. The van der Waals surface area contributed by atoms with Crippen molar-refractivity contribution in [2.45, 2.75) is 19.1 Å². The van der Waals surface area contributed by atoms with Crippen molar-refractivity contribution >= 4 is 39.7 Å². The van der Waals surface area contributed by atoms with E-state index in [1.54, 1.807) is 13.0 Å². The predicted molar refractivity (Wildman–Crippen MR) is 79.4 cm³/mol. The van der Waals surface area contributed by atoms with Gasteiger partial charge in [0.1, 0.15) is 4.91 Å².